The fourth-order valence-electron chi connectivity index (χ4n) is 2.26. The highest BCUT2D eigenvalue weighted by atomic mass is 79.9. The van der Waals surface area contributed by atoms with E-state index in [1.807, 2.05) is 6.07 Å². The predicted octanol–water partition coefficient (Wildman–Crippen LogP) is 2.29. The molecule has 0 bridgehead atoms. The van der Waals surface area contributed by atoms with Gasteiger partial charge in [0.25, 0.3) is 0 Å². The van der Waals surface area contributed by atoms with E-state index < -0.39 is 0 Å². The monoisotopic (exact) mass is 407 g/mol. The van der Waals surface area contributed by atoms with Crippen molar-refractivity contribution in [2.45, 2.75) is 11.8 Å². The summed E-state index contributed by atoms with van der Waals surface area (Å²) >= 11 is 5.04. The molecule has 1 aliphatic heterocycles. The molecule has 0 unspecified atom stereocenters. The van der Waals surface area contributed by atoms with E-state index in [-0.39, 0.29) is 18.3 Å². The predicted molar refractivity (Wildman–Crippen MR) is 99.2 cm³/mol. The molecule has 0 aliphatic carbocycles. The zero-order valence-electron chi connectivity index (χ0n) is 12.7. The standard InChI is InChI=1S/C15H22BrN3OS.ClH/c1-12-10-13(16)2-3-14(12)21-11-15(20)18-6-9-19-7-4-17-5-8-19;/h2-3,10,17H,4-9,11H2,1H3,(H,18,20);1H. The molecule has 2 rings (SSSR count). The Balaban J connectivity index is 0.00000242. The molecule has 7 heteroatoms. The van der Waals surface area contributed by atoms with E-state index >= 15 is 0 Å². The third-order valence-electron chi connectivity index (χ3n) is 3.46. The highest BCUT2D eigenvalue weighted by Crippen LogP contribution is 2.24. The Labute approximate surface area is 151 Å². The molecule has 124 valence electrons. The molecule has 22 heavy (non-hydrogen) atoms. The van der Waals surface area contributed by atoms with E-state index in [1.54, 1.807) is 11.8 Å². The summed E-state index contributed by atoms with van der Waals surface area (Å²) in [7, 11) is 0. The molecule has 1 saturated heterocycles. The Hall–Kier alpha value is -0.270. The number of aryl methyl sites for hydroxylation is 1. The van der Waals surface area contributed by atoms with Crippen LogP contribution in [0.25, 0.3) is 0 Å². The van der Waals surface area contributed by atoms with Gasteiger partial charge in [-0.25, -0.2) is 0 Å². The van der Waals surface area contributed by atoms with Gasteiger partial charge in [0.1, 0.15) is 0 Å². The number of benzene rings is 1. The maximum atomic E-state index is 11.9. The Bertz CT molecular complexity index is 484. The molecule has 1 amide bonds. The first-order chi connectivity index (χ1) is 10.1. The van der Waals surface area contributed by atoms with Gasteiger partial charge in [-0.05, 0) is 30.7 Å². The minimum Gasteiger partial charge on any atom is -0.354 e. The number of nitrogens with zero attached hydrogens (tertiary/aromatic N) is 1. The van der Waals surface area contributed by atoms with Crippen LogP contribution >= 0.6 is 40.1 Å². The third kappa shape index (κ3) is 6.87. The van der Waals surface area contributed by atoms with Crippen LogP contribution in [0.1, 0.15) is 5.56 Å². The number of carbonyl (C=O) groups is 1. The molecule has 0 radical (unpaired) electrons. The van der Waals surface area contributed by atoms with E-state index in [0.717, 1.165) is 48.6 Å². The van der Waals surface area contributed by atoms with Gasteiger partial charge in [-0.2, -0.15) is 0 Å². The molecule has 0 saturated carbocycles. The summed E-state index contributed by atoms with van der Waals surface area (Å²) in [4.78, 5) is 15.4. The molecule has 1 aliphatic rings. The van der Waals surface area contributed by atoms with E-state index in [2.05, 4.69) is 50.5 Å². The summed E-state index contributed by atoms with van der Waals surface area (Å²) in [5.74, 6) is 0.585. The highest BCUT2D eigenvalue weighted by molar-refractivity contribution is 9.10. The van der Waals surface area contributed by atoms with Crippen molar-refractivity contribution < 1.29 is 4.79 Å². The number of amides is 1. The number of hydrogen-bond donors (Lipinski definition) is 2. The number of rotatable bonds is 6. The summed E-state index contributed by atoms with van der Waals surface area (Å²) in [6.07, 6.45) is 0. The SMILES string of the molecule is Cc1cc(Br)ccc1SCC(=O)NCCN1CCNCC1.Cl. The van der Waals surface area contributed by atoms with Gasteiger partial charge in [0.15, 0.2) is 0 Å². The Morgan fingerprint density at radius 2 is 2.14 bits per heavy atom. The minimum atomic E-state index is 0. The lowest BCUT2D eigenvalue weighted by Gasteiger charge is -2.27. The first-order valence-electron chi connectivity index (χ1n) is 7.24. The zero-order valence-corrected chi connectivity index (χ0v) is 16.0. The van der Waals surface area contributed by atoms with Crippen LogP contribution in [0.15, 0.2) is 27.6 Å². The average Bonchev–Trinajstić information content (AvgIpc) is 2.47. The van der Waals surface area contributed by atoms with E-state index in [9.17, 15) is 4.79 Å². The van der Waals surface area contributed by atoms with Gasteiger partial charge in [-0.1, -0.05) is 15.9 Å². The minimum absolute atomic E-state index is 0. The van der Waals surface area contributed by atoms with Crippen molar-refractivity contribution in [1.82, 2.24) is 15.5 Å². The van der Waals surface area contributed by atoms with Gasteiger partial charge in [0, 0.05) is 48.6 Å². The van der Waals surface area contributed by atoms with Gasteiger partial charge in [0.05, 0.1) is 5.75 Å². The van der Waals surface area contributed by atoms with Gasteiger partial charge >= 0.3 is 0 Å². The molecule has 0 spiro atoms. The molecule has 0 atom stereocenters. The fraction of sp³-hybridized carbons (Fsp3) is 0.533. The number of halogens is 2. The van der Waals surface area contributed by atoms with Crippen molar-refractivity contribution in [3.05, 3.63) is 28.2 Å². The van der Waals surface area contributed by atoms with Crippen molar-refractivity contribution in [3.63, 3.8) is 0 Å². The second kappa shape index (κ2) is 10.5. The number of thioether (sulfide) groups is 1. The summed E-state index contributed by atoms with van der Waals surface area (Å²) in [5, 5.41) is 6.33. The Morgan fingerprint density at radius 1 is 1.41 bits per heavy atom. The summed E-state index contributed by atoms with van der Waals surface area (Å²) in [6, 6.07) is 6.14. The summed E-state index contributed by atoms with van der Waals surface area (Å²) < 4.78 is 1.07. The Morgan fingerprint density at radius 3 is 2.82 bits per heavy atom. The van der Waals surface area contributed by atoms with E-state index in [4.69, 9.17) is 0 Å². The van der Waals surface area contributed by atoms with Crippen molar-refractivity contribution in [3.8, 4) is 0 Å². The number of carbonyl (C=O) groups excluding carboxylic acids is 1. The van der Waals surface area contributed by atoms with E-state index in [0.29, 0.717) is 5.75 Å². The lowest BCUT2D eigenvalue weighted by molar-refractivity contribution is -0.118. The number of hydrogen-bond acceptors (Lipinski definition) is 4. The zero-order chi connectivity index (χ0) is 15.1. The number of piperazine rings is 1. The van der Waals surface area contributed by atoms with Crippen LogP contribution in [0.2, 0.25) is 0 Å². The Kier molecular flexibility index (Phi) is 9.43. The largest absolute Gasteiger partial charge is 0.354 e. The molecular formula is C15H23BrClN3OS. The first-order valence-corrected chi connectivity index (χ1v) is 9.02. The molecule has 4 nitrogen and oxygen atoms in total. The van der Waals surface area contributed by atoms with Gasteiger partial charge in [-0.3, -0.25) is 9.69 Å². The van der Waals surface area contributed by atoms with Crippen LogP contribution in [-0.4, -0.2) is 55.8 Å². The van der Waals surface area contributed by atoms with Crippen LogP contribution in [0.4, 0.5) is 0 Å². The average molecular weight is 409 g/mol. The summed E-state index contributed by atoms with van der Waals surface area (Å²) in [5.41, 5.74) is 1.20. The first kappa shape index (κ1) is 19.8. The maximum Gasteiger partial charge on any atom is 0.230 e. The quantitative estimate of drug-likeness (QED) is 0.709. The molecule has 1 heterocycles. The van der Waals surface area contributed by atoms with Crippen LogP contribution in [0.5, 0.6) is 0 Å². The topological polar surface area (TPSA) is 44.4 Å². The van der Waals surface area contributed by atoms with E-state index in [1.165, 1.54) is 5.56 Å². The van der Waals surface area contributed by atoms with Crippen molar-refractivity contribution in [1.29, 1.82) is 0 Å². The molecule has 1 aromatic rings. The van der Waals surface area contributed by atoms with Crippen molar-refractivity contribution in [2.24, 2.45) is 0 Å². The maximum absolute atomic E-state index is 11.9. The molecule has 0 aromatic heterocycles. The van der Waals surface area contributed by atoms with Gasteiger partial charge in [0.2, 0.25) is 5.91 Å². The lowest BCUT2D eigenvalue weighted by atomic mass is 10.2. The van der Waals surface area contributed by atoms with Crippen LogP contribution in [0, 0.1) is 6.92 Å². The normalized spacial score (nSPS) is 15.2. The third-order valence-corrected chi connectivity index (χ3v) is 5.12. The number of nitrogens with one attached hydrogen (secondary N) is 2. The van der Waals surface area contributed by atoms with Gasteiger partial charge < -0.3 is 10.6 Å². The van der Waals surface area contributed by atoms with Crippen LogP contribution in [0.3, 0.4) is 0 Å². The molecule has 1 aromatic carbocycles. The smallest absolute Gasteiger partial charge is 0.230 e. The lowest BCUT2D eigenvalue weighted by Crippen LogP contribution is -2.46. The molecule has 2 N–H and O–H groups in total. The van der Waals surface area contributed by atoms with Crippen molar-refractivity contribution in [2.75, 3.05) is 45.0 Å². The van der Waals surface area contributed by atoms with Crippen molar-refractivity contribution >= 4 is 46.0 Å². The molecule has 1 fully saturated rings. The van der Waals surface area contributed by atoms with Crippen LogP contribution < -0.4 is 10.6 Å². The second-order valence-electron chi connectivity index (χ2n) is 5.14. The molecular weight excluding hydrogens is 386 g/mol. The van der Waals surface area contributed by atoms with Crippen LogP contribution in [-0.2, 0) is 4.79 Å². The highest BCUT2D eigenvalue weighted by Gasteiger charge is 2.10. The fourth-order valence-corrected chi connectivity index (χ4v) is 3.57. The second-order valence-corrected chi connectivity index (χ2v) is 7.07. The summed E-state index contributed by atoms with van der Waals surface area (Å²) in [6.45, 7) is 7.98. The van der Waals surface area contributed by atoms with Gasteiger partial charge in [-0.15, -0.1) is 24.2 Å².